The summed E-state index contributed by atoms with van der Waals surface area (Å²) in [5.74, 6) is -0.391. The number of amides is 1. The largest absolute Gasteiger partial charge is 0.378 e. The minimum atomic E-state index is -3.39. The molecule has 1 aromatic carbocycles. The van der Waals surface area contributed by atoms with Crippen LogP contribution in [0.15, 0.2) is 28.7 Å². The molecule has 1 aromatic rings. The molecule has 2 rings (SSSR count). The zero-order valence-electron chi connectivity index (χ0n) is 12.3. The van der Waals surface area contributed by atoms with Gasteiger partial charge in [-0.1, -0.05) is 15.9 Å². The number of carbonyl (C=O) groups is 1. The fourth-order valence-electron chi connectivity index (χ4n) is 2.24. The number of hydrogen-bond acceptors (Lipinski definition) is 4. The molecular formula is C14H19BrN2O4S. The van der Waals surface area contributed by atoms with E-state index in [1.165, 1.54) is 4.31 Å². The van der Waals surface area contributed by atoms with E-state index in [0.717, 1.165) is 4.47 Å². The van der Waals surface area contributed by atoms with Gasteiger partial charge in [0, 0.05) is 29.2 Å². The van der Waals surface area contributed by atoms with Crippen LogP contribution in [0, 0.1) is 0 Å². The molecular weight excluding hydrogens is 372 g/mol. The predicted octanol–water partition coefficient (Wildman–Crippen LogP) is 1.23. The molecule has 1 N–H and O–H groups in total. The number of halogens is 1. The molecule has 8 heteroatoms. The third-order valence-electron chi connectivity index (χ3n) is 3.42. The Balaban J connectivity index is 1.87. The van der Waals surface area contributed by atoms with Gasteiger partial charge in [0.15, 0.2) is 0 Å². The number of carbonyl (C=O) groups excluding carboxylic acids is 1. The van der Waals surface area contributed by atoms with E-state index in [9.17, 15) is 13.2 Å². The second-order valence-electron chi connectivity index (χ2n) is 5.11. The van der Waals surface area contributed by atoms with Crippen molar-refractivity contribution in [2.24, 2.45) is 0 Å². The molecule has 1 amide bonds. The molecule has 1 saturated heterocycles. The molecule has 1 aliphatic heterocycles. The highest BCUT2D eigenvalue weighted by molar-refractivity contribution is 9.10. The van der Waals surface area contributed by atoms with Gasteiger partial charge in [0.2, 0.25) is 10.0 Å². The van der Waals surface area contributed by atoms with Gasteiger partial charge in [-0.05, 0) is 31.2 Å². The molecule has 22 heavy (non-hydrogen) atoms. The predicted molar refractivity (Wildman–Crippen MR) is 87.2 cm³/mol. The van der Waals surface area contributed by atoms with E-state index in [1.54, 1.807) is 24.3 Å². The molecule has 122 valence electrons. The fraction of sp³-hybridized carbons (Fsp3) is 0.500. The summed E-state index contributed by atoms with van der Waals surface area (Å²) >= 11 is 3.30. The van der Waals surface area contributed by atoms with Crippen LogP contribution >= 0.6 is 15.9 Å². The average molecular weight is 391 g/mol. The highest BCUT2D eigenvalue weighted by Gasteiger charge is 2.29. The van der Waals surface area contributed by atoms with Crippen molar-refractivity contribution in [1.29, 1.82) is 0 Å². The number of sulfonamides is 1. The zero-order chi connectivity index (χ0) is 16.2. The summed E-state index contributed by atoms with van der Waals surface area (Å²) in [4.78, 5) is 11.9. The molecule has 0 spiro atoms. The van der Waals surface area contributed by atoms with Gasteiger partial charge >= 0.3 is 0 Å². The minimum absolute atomic E-state index is 0.0846. The molecule has 1 atom stereocenters. The minimum Gasteiger partial charge on any atom is -0.378 e. The number of nitrogens with zero attached hydrogens (tertiary/aromatic N) is 1. The van der Waals surface area contributed by atoms with E-state index in [-0.39, 0.29) is 24.2 Å². The first-order valence-electron chi connectivity index (χ1n) is 7.01. The van der Waals surface area contributed by atoms with E-state index in [4.69, 9.17) is 4.74 Å². The van der Waals surface area contributed by atoms with E-state index in [2.05, 4.69) is 21.2 Å². The van der Waals surface area contributed by atoms with Gasteiger partial charge in [0.05, 0.1) is 19.0 Å². The third kappa shape index (κ3) is 4.52. The van der Waals surface area contributed by atoms with Crippen molar-refractivity contribution in [3.8, 4) is 0 Å². The molecule has 0 radical (unpaired) electrons. The zero-order valence-corrected chi connectivity index (χ0v) is 14.7. The Morgan fingerprint density at radius 1 is 1.41 bits per heavy atom. The Labute approximate surface area is 139 Å². The second-order valence-corrected chi connectivity index (χ2v) is 8.07. The summed E-state index contributed by atoms with van der Waals surface area (Å²) in [6.45, 7) is 3.09. The number of benzene rings is 1. The Hall–Kier alpha value is -0.960. The lowest BCUT2D eigenvalue weighted by atomic mass is 10.2. The van der Waals surface area contributed by atoms with Crippen LogP contribution in [0.3, 0.4) is 0 Å². The van der Waals surface area contributed by atoms with Crippen LogP contribution in [0.25, 0.3) is 0 Å². The van der Waals surface area contributed by atoms with Crippen molar-refractivity contribution in [2.75, 3.05) is 32.1 Å². The van der Waals surface area contributed by atoms with E-state index in [1.807, 2.05) is 6.92 Å². The second kappa shape index (κ2) is 7.54. The van der Waals surface area contributed by atoms with Crippen molar-refractivity contribution in [3.05, 3.63) is 34.3 Å². The smallest absolute Gasteiger partial charge is 0.251 e. The van der Waals surface area contributed by atoms with Crippen molar-refractivity contribution in [3.63, 3.8) is 0 Å². The highest BCUT2D eigenvalue weighted by atomic mass is 79.9. The van der Waals surface area contributed by atoms with Crippen molar-refractivity contribution < 1.29 is 17.9 Å². The Morgan fingerprint density at radius 3 is 2.73 bits per heavy atom. The van der Waals surface area contributed by atoms with E-state index >= 15 is 0 Å². The number of hydrogen-bond donors (Lipinski definition) is 1. The summed E-state index contributed by atoms with van der Waals surface area (Å²) in [5, 5.41) is 2.64. The SMILES string of the molecule is CC1COCCN1S(=O)(=O)CCNC(=O)c1ccc(Br)cc1. The molecule has 0 aliphatic carbocycles. The van der Waals surface area contributed by atoms with Crippen LogP contribution in [0.5, 0.6) is 0 Å². The number of rotatable bonds is 5. The molecule has 0 aromatic heterocycles. The normalized spacial score (nSPS) is 19.8. The van der Waals surface area contributed by atoms with Crippen LogP contribution in [-0.4, -0.2) is 56.7 Å². The van der Waals surface area contributed by atoms with Gasteiger partial charge in [0.25, 0.3) is 5.91 Å². The van der Waals surface area contributed by atoms with Gasteiger partial charge in [0.1, 0.15) is 0 Å². The van der Waals surface area contributed by atoms with Crippen LogP contribution < -0.4 is 5.32 Å². The van der Waals surface area contributed by atoms with Gasteiger partial charge in [-0.3, -0.25) is 4.79 Å². The van der Waals surface area contributed by atoms with Gasteiger partial charge < -0.3 is 10.1 Å². The molecule has 1 unspecified atom stereocenters. The number of nitrogens with one attached hydrogen (secondary N) is 1. The van der Waals surface area contributed by atoms with Crippen LogP contribution in [0.1, 0.15) is 17.3 Å². The molecule has 1 aliphatic rings. The quantitative estimate of drug-likeness (QED) is 0.820. The third-order valence-corrected chi connectivity index (χ3v) is 5.92. The Kier molecular flexibility index (Phi) is 5.96. The van der Waals surface area contributed by atoms with Crippen molar-refractivity contribution >= 4 is 31.9 Å². The lowest BCUT2D eigenvalue weighted by Gasteiger charge is -2.32. The lowest BCUT2D eigenvalue weighted by Crippen LogP contribution is -2.49. The molecule has 1 heterocycles. The molecule has 1 fully saturated rings. The standard InChI is InChI=1S/C14H19BrN2O4S/c1-11-10-21-8-7-17(11)22(19,20)9-6-16-14(18)12-2-4-13(15)5-3-12/h2-5,11H,6-10H2,1H3,(H,16,18). The maximum Gasteiger partial charge on any atom is 0.251 e. The average Bonchev–Trinajstić information content (AvgIpc) is 2.48. The highest BCUT2D eigenvalue weighted by Crippen LogP contribution is 2.12. The van der Waals surface area contributed by atoms with E-state index < -0.39 is 10.0 Å². The van der Waals surface area contributed by atoms with Crippen molar-refractivity contribution in [2.45, 2.75) is 13.0 Å². The first-order valence-corrected chi connectivity index (χ1v) is 9.41. The maximum absolute atomic E-state index is 12.3. The van der Waals surface area contributed by atoms with Crippen LogP contribution in [0.4, 0.5) is 0 Å². The van der Waals surface area contributed by atoms with E-state index in [0.29, 0.717) is 25.3 Å². The maximum atomic E-state index is 12.3. The summed E-state index contributed by atoms with van der Waals surface area (Å²) in [5.41, 5.74) is 0.500. The van der Waals surface area contributed by atoms with Crippen molar-refractivity contribution in [1.82, 2.24) is 9.62 Å². The summed E-state index contributed by atoms with van der Waals surface area (Å²) in [6, 6.07) is 6.72. The van der Waals surface area contributed by atoms with Crippen LogP contribution in [-0.2, 0) is 14.8 Å². The summed E-state index contributed by atoms with van der Waals surface area (Å²) < 4.78 is 32.1. The van der Waals surface area contributed by atoms with Gasteiger partial charge in [-0.2, -0.15) is 4.31 Å². The van der Waals surface area contributed by atoms with Crippen LogP contribution in [0.2, 0.25) is 0 Å². The first-order chi connectivity index (χ1) is 10.4. The van der Waals surface area contributed by atoms with Gasteiger partial charge in [-0.25, -0.2) is 8.42 Å². The van der Waals surface area contributed by atoms with Gasteiger partial charge in [-0.15, -0.1) is 0 Å². The molecule has 0 bridgehead atoms. The monoisotopic (exact) mass is 390 g/mol. The molecule has 0 saturated carbocycles. The number of ether oxygens (including phenoxy) is 1. The molecule has 6 nitrogen and oxygen atoms in total. The fourth-order valence-corrected chi connectivity index (χ4v) is 4.06. The summed E-state index contributed by atoms with van der Waals surface area (Å²) in [7, 11) is -3.39. The Morgan fingerprint density at radius 2 is 2.09 bits per heavy atom. The lowest BCUT2D eigenvalue weighted by molar-refractivity contribution is 0.0393. The topological polar surface area (TPSA) is 75.7 Å². The first kappa shape index (κ1) is 17.4. The summed E-state index contributed by atoms with van der Waals surface area (Å²) in [6.07, 6.45) is 0. The Bertz CT molecular complexity index is 618. The number of morpholine rings is 1.